The van der Waals surface area contributed by atoms with E-state index in [-0.39, 0.29) is 87.0 Å². The minimum atomic E-state index is 0. The second-order valence-electron chi connectivity index (χ2n) is 0. The Morgan fingerprint density at radius 1 is 1.00 bits per heavy atom. The Hall–Kier alpha value is 2.46. The van der Waals surface area contributed by atoms with Gasteiger partial charge >= 0.3 is 0 Å². The monoisotopic (exact) mass is 232 g/mol. The van der Waals surface area contributed by atoms with E-state index in [4.69, 9.17) is 0 Å². The van der Waals surface area contributed by atoms with E-state index in [0.29, 0.717) is 0 Å². The van der Waals surface area contributed by atoms with Crippen LogP contribution < -0.4 is 0 Å². The van der Waals surface area contributed by atoms with Gasteiger partial charge in [-0.3, -0.25) is 0 Å². The van der Waals surface area contributed by atoms with Crippen LogP contribution in [0.1, 0.15) is 0 Å². The minimum Gasteiger partial charge on any atom is -0.412 e. The second-order valence-corrected chi connectivity index (χ2v) is 0. The van der Waals surface area contributed by atoms with Crippen molar-refractivity contribution in [2.24, 2.45) is 0 Å². The molecule has 4 heavy (non-hydrogen) atoms. The molecule has 0 rings (SSSR count). The summed E-state index contributed by atoms with van der Waals surface area (Å²) in [5.41, 5.74) is 0. The van der Waals surface area contributed by atoms with Crippen LogP contribution >= 0.6 is 0 Å². The van der Waals surface area contributed by atoms with E-state index in [1.807, 2.05) is 0 Å². The van der Waals surface area contributed by atoms with Gasteiger partial charge in [-0.25, -0.2) is 0 Å². The maximum atomic E-state index is 0. The first-order chi connectivity index (χ1) is 0. The average molecular weight is 231 g/mol. The molecule has 0 aliphatic carbocycles. The van der Waals surface area contributed by atoms with Crippen LogP contribution in [0, 0.1) is 0 Å². The van der Waals surface area contributed by atoms with E-state index in [9.17, 15) is 0 Å². The summed E-state index contributed by atoms with van der Waals surface area (Å²) in [6.07, 6.45) is 0. The first-order valence-electron chi connectivity index (χ1n) is 0. The molecule has 0 aliphatic rings. The predicted octanol–water partition coefficient (Wildman–Crippen LogP) is -1.59. The van der Waals surface area contributed by atoms with Crippen molar-refractivity contribution in [2.45, 2.75) is 0 Å². The van der Waals surface area contributed by atoms with E-state index in [1.54, 1.807) is 0 Å². The molecule has 0 aromatic carbocycles. The SMILES string of the molecule is O.[Ba].[Si].[Ti]. The van der Waals surface area contributed by atoms with Crippen molar-refractivity contribution in [3.63, 3.8) is 0 Å². The molecule has 0 aliphatic heterocycles. The fourth-order valence-corrected chi connectivity index (χ4v) is 0. The smallest absolute Gasteiger partial charge is 0 e. The van der Waals surface area contributed by atoms with Gasteiger partial charge in [0.1, 0.15) is 0 Å². The molecule has 0 atom stereocenters. The molecule has 0 saturated carbocycles. The Labute approximate surface area is 85.2 Å². The molecular weight excluding hydrogens is 229 g/mol. The fourth-order valence-electron chi connectivity index (χ4n) is 0. The molecule has 0 heterocycles. The van der Waals surface area contributed by atoms with Crippen molar-refractivity contribution in [1.82, 2.24) is 0 Å². The van der Waals surface area contributed by atoms with Crippen molar-refractivity contribution in [3.05, 3.63) is 0 Å². The predicted molar refractivity (Wildman–Crippen MR) is 15.1 cm³/mol. The summed E-state index contributed by atoms with van der Waals surface area (Å²) in [5.74, 6) is 0. The zero-order chi connectivity index (χ0) is 0. The zero-order valence-corrected chi connectivity index (χ0v) is 9.21. The molecule has 0 saturated heterocycles. The zero-order valence-electron chi connectivity index (χ0n) is 2.21. The molecular formula is H2BaOSiTi. The van der Waals surface area contributed by atoms with Crippen LogP contribution in [0.25, 0.3) is 0 Å². The summed E-state index contributed by atoms with van der Waals surface area (Å²) in [4.78, 5) is 0. The maximum absolute atomic E-state index is 0. The summed E-state index contributed by atoms with van der Waals surface area (Å²) in [5, 5.41) is 0. The van der Waals surface area contributed by atoms with Gasteiger partial charge in [0.15, 0.2) is 0 Å². The quantitative estimate of drug-likeness (QED) is 0.450. The third-order valence-corrected chi connectivity index (χ3v) is 0. The molecule has 1 nitrogen and oxygen atoms in total. The van der Waals surface area contributed by atoms with Gasteiger partial charge in [-0.05, 0) is 0 Å². The van der Waals surface area contributed by atoms with Crippen molar-refractivity contribution in [1.29, 1.82) is 0 Å². The van der Waals surface area contributed by atoms with Crippen LogP contribution in [-0.4, -0.2) is 65.3 Å². The summed E-state index contributed by atoms with van der Waals surface area (Å²) in [7, 11) is 0. The summed E-state index contributed by atoms with van der Waals surface area (Å²) in [6.45, 7) is 0. The van der Waals surface area contributed by atoms with E-state index >= 15 is 0 Å². The van der Waals surface area contributed by atoms with E-state index in [1.165, 1.54) is 0 Å². The van der Waals surface area contributed by atoms with Gasteiger partial charge in [0.05, 0.1) is 0 Å². The van der Waals surface area contributed by atoms with Gasteiger partial charge < -0.3 is 5.48 Å². The Morgan fingerprint density at radius 3 is 1.00 bits per heavy atom. The standard InChI is InChI=1S/Ba.H2O.Si.Ti/h;1H2;;. The third kappa shape index (κ3) is 8.82. The Bertz CT molecular complexity index is 8.00. The van der Waals surface area contributed by atoms with Crippen LogP contribution in [0.3, 0.4) is 0 Å². The topological polar surface area (TPSA) is 31.5 Å². The van der Waals surface area contributed by atoms with Crippen LogP contribution in [0.15, 0.2) is 0 Å². The molecule has 4 heteroatoms. The van der Waals surface area contributed by atoms with Gasteiger partial charge in [0.25, 0.3) is 0 Å². The van der Waals surface area contributed by atoms with Crippen LogP contribution in [0.2, 0.25) is 0 Å². The van der Waals surface area contributed by atoms with Gasteiger partial charge in [-0.15, -0.1) is 0 Å². The van der Waals surface area contributed by atoms with Gasteiger partial charge in [-0.2, -0.15) is 0 Å². The molecule has 0 aromatic heterocycles. The van der Waals surface area contributed by atoms with E-state index in [0.717, 1.165) is 0 Å². The van der Waals surface area contributed by atoms with Gasteiger partial charge in [0, 0.05) is 81.6 Å². The van der Waals surface area contributed by atoms with Crippen molar-refractivity contribution < 1.29 is 27.2 Å². The van der Waals surface area contributed by atoms with Crippen molar-refractivity contribution >= 4 is 59.8 Å². The van der Waals surface area contributed by atoms with Crippen molar-refractivity contribution in [2.75, 3.05) is 0 Å². The summed E-state index contributed by atoms with van der Waals surface area (Å²) < 4.78 is 0. The molecule has 18 valence electrons. The number of rotatable bonds is 0. The average Bonchev–Trinajstić information content (AvgIpc) is 0. The Balaban J connectivity index is 0. The molecule has 0 aromatic rings. The van der Waals surface area contributed by atoms with Gasteiger partial charge in [0.2, 0.25) is 0 Å². The maximum Gasteiger partial charge on any atom is 0 e. The van der Waals surface area contributed by atoms with Crippen LogP contribution in [0.4, 0.5) is 0 Å². The second kappa shape index (κ2) is 17.9. The number of hydrogen-bond acceptors (Lipinski definition) is 0. The molecule has 2 N–H and O–H groups in total. The first-order valence-corrected chi connectivity index (χ1v) is 0. The normalized spacial score (nSPS) is 0. The van der Waals surface area contributed by atoms with E-state index in [2.05, 4.69) is 0 Å². The molecule has 0 amide bonds. The molecule has 0 bridgehead atoms. The van der Waals surface area contributed by atoms with E-state index < -0.39 is 0 Å². The largest absolute Gasteiger partial charge is 0.412 e. The van der Waals surface area contributed by atoms with Crippen LogP contribution in [0.5, 0.6) is 0 Å². The summed E-state index contributed by atoms with van der Waals surface area (Å²) in [6, 6.07) is 0. The molecule has 0 unspecified atom stereocenters. The van der Waals surface area contributed by atoms with Crippen LogP contribution in [-0.2, 0) is 21.7 Å². The fraction of sp³-hybridized carbons (Fsp3) is 0. The Kier molecular flexibility index (Phi) is 143. The van der Waals surface area contributed by atoms with Crippen molar-refractivity contribution in [3.8, 4) is 0 Å². The number of hydrogen-bond donors (Lipinski definition) is 0. The van der Waals surface area contributed by atoms with Gasteiger partial charge in [-0.1, -0.05) is 0 Å². The molecule has 0 spiro atoms. The first kappa shape index (κ1) is 31.8. The Morgan fingerprint density at radius 2 is 1.00 bits per heavy atom. The molecule has 0 fully saturated rings. The summed E-state index contributed by atoms with van der Waals surface area (Å²) >= 11 is 0. The minimum absolute atomic E-state index is 0. The third-order valence-electron chi connectivity index (χ3n) is 0. The molecule has 6 radical (unpaired) electrons.